The maximum Gasteiger partial charge on any atom is 0.288 e. The van der Waals surface area contributed by atoms with Crippen molar-refractivity contribution in [3.05, 3.63) is 60.2 Å². The molecule has 0 radical (unpaired) electrons. The lowest BCUT2D eigenvalue weighted by molar-refractivity contribution is -0.117. The zero-order chi connectivity index (χ0) is 18.5. The van der Waals surface area contributed by atoms with Gasteiger partial charge in [-0.15, -0.1) is 0 Å². The molecule has 7 heteroatoms. The quantitative estimate of drug-likeness (QED) is 0.758. The topological polar surface area (TPSA) is 58.4 Å². The number of benzene rings is 2. The maximum atomic E-state index is 12.6. The highest BCUT2D eigenvalue weighted by atomic mass is 32.2. The number of para-hydroxylation sites is 1. The number of carbonyl (C=O) groups excluding carboxylic acids is 1. The number of nitrogens with zero attached hydrogens (tertiary/aromatic N) is 1. The van der Waals surface area contributed by atoms with E-state index in [0.29, 0.717) is 35.4 Å². The second-order valence-electron chi connectivity index (χ2n) is 6.30. The molecule has 26 heavy (non-hydrogen) atoms. The largest absolute Gasteiger partial charge is 0.326 e. The SMILES string of the molecule is N[C@@H]1CN(CC(=O)Nc2ccccc2SC(F)F)C[C@H]1c1ccccc1. The van der Waals surface area contributed by atoms with Gasteiger partial charge in [0, 0.05) is 29.9 Å². The molecule has 0 bridgehead atoms. The van der Waals surface area contributed by atoms with Crippen LogP contribution >= 0.6 is 11.8 Å². The Hall–Kier alpha value is -1.96. The lowest BCUT2D eigenvalue weighted by Crippen LogP contribution is -2.33. The van der Waals surface area contributed by atoms with E-state index in [1.807, 2.05) is 35.2 Å². The van der Waals surface area contributed by atoms with Crippen molar-refractivity contribution in [1.29, 1.82) is 0 Å². The molecule has 0 aromatic heterocycles. The molecule has 0 spiro atoms. The fourth-order valence-electron chi connectivity index (χ4n) is 3.26. The van der Waals surface area contributed by atoms with Crippen molar-refractivity contribution in [2.24, 2.45) is 5.73 Å². The molecule has 1 heterocycles. The van der Waals surface area contributed by atoms with Crippen LogP contribution in [-0.2, 0) is 4.79 Å². The molecule has 4 nitrogen and oxygen atoms in total. The van der Waals surface area contributed by atoms with Crippen molar-refractivity contribution in [1.82, 2.24) is 4.90 Å². The Morgan fingerprint density at radius 2 is 1.85 bits per heavy atom. The summed E-state index contributed by atoms with van der Waals surface area (Å²) in [4.78, 5) is 14.7. The molecule has 1 saturated heterocycles. The van der Waals surface area contributed by atoms with E-state index in [9.17, 15) is 13.6 Å². The zero-order valence-electron chi connectivity index (χ0n) is 14.1. The number of anilines is 1. The molecule has 1 fully saturated rings. The van der Waals surface area contributed by atoms with Gasteiger partial charge < -0.3 is 11.1 Å². The van der Waals surface area contributed by atoms with Gasteiger partial charge in [-0.1, -0.05) is 54.2 Å². The molecule has 0 unspecified atom stereocenters. The van der Waals surface area contributed by atoms with Crippen LogP contribution in [0.1, 0.15) is 11.5 Å². The van der Waals surface area contributed by atoms with Gasteiger partial charge in [0.15, 0.2) is 0 Å². The van der Waals surface area contributed by atoms with E-state index in [1.54, 1.807) is 24.3 Å². The number of nitrogens with two attached hydrogens (primary N) is 1. The van der Waals surface area contributed by atoms with Crippen molar-refractivity contribution in [3.8, 4) is 0 Å². The third-order valence-corrected chi connectivity index (χ3v) is 5.20. The monoisotopic (exact) mass is 377 g/mol. The average Bonchev–Trinajstić information content (AvgIpc) is 2.97. The number of hydrogen-bond acceptors (Lipinski definition) is 4. The minimum Gasteiger partial charge on any atom is -0.326 e. The van der Waals surface area contributed by atoms with E-state index < -0.39 is 5.76 Å². The third kappa shape index (κ3) is 4.81. The second-order valence-corrected chi connectivity index (χ2v) is 7.33. The molecule has 0 aliphatic carbocycles. The summed E-state index contributed by atoms with van der Waals surface area (Å²) in [6.07, 6.45) is 0. The maximum absolute atomic E-state index is 12.6. The van der Waals surface area contributed by atoms with E-state index in [1.165, 1.54) is 5.56 Å². The molecule has 3 rings (SSSR count). The van der Waals surface area contributed by atoms with Gasteiger partial charge >= 0.3 is 0 Å². The summed E-state index contributed by atoms with van der Waals surface area (Å²) < 4.78 is 25.3. The Morgan fingerprint density at radius 3 is 2.58 bits per heavy atom. The van der Waals surface area contributed by atoms with Crippen LogP contribution in [0.25, 0.3) is 0 Å². The van der Waals surface area contributed by atoms with Gasteiger partial charge in [-0.25, -0.2) is 0 Å². The Bertz CT molecular complexity index is 745. The van der Waals surface area contributed by atoms with E-state index in [4.69, 9.17) is 5.73 Å². The number of likely N-dealkylation sites (tertiary alicyclic amines) is 1. The fourth-order valence-corrected chi connectivity index (χ4v) is 3.85. The standard InChI is InChI=1S/C19H21F2N3OS/c20-19(21)26-17-9-5-4-8-16(17)23-18(25)12-24-10-14(15(22)11-24)13-6-2-1-3-7-13/h1-9,14-15,19H,10-12,22H2,(H,23,25)/t14-,15+/m0/s1. The van der Waals surface area contributed by atoms with Crippen LogP contribution in [0.3, 0.4) is 0 Å². The minimum absolute atomic E-state index is 0.0353. The Balaban J connectivity index is 1.59. The molecule has 0 saturated carbocycles. The summed E-state index contributed by atoms with van der Waals surface area (Å²) in [6.45, 7) is 1.51. The lowest BCUT2D eigenvalue weighted by atomic mass is 9.95. The summed E-state index contributed by atoms with van der Waals surface area (Å²) in [5.74, 6) is -2.57. The summed E-state index contributed by atoms with van der Waals surface area (Å²) in [7, 11) is 0. The molecule has 2 aromatic rings. The Morgan fingerprint density at radius 1 is 1.15 bits per heavy atom. The zero-order valence-corrected chi connectivity index (χ0v) is 15.0. The molecule has 1 aliphatic heterocycles. The van der Waals surface area contributed by atoms with Gasteiger partial charge in [0.1, 0.15) is 0 Å². The molecular formula is C19H21F2N3OS. The third-order valence-electron chi connectivity index (χ3n) is 4.41. The van der Waals surface area contributed by atoms with Crippen LogP contribution < -0.4 is 11.1 Å². The van der Waals surface area contributed by atoms with Crippen LogP contribution in [0, 0.1) is 0 Å². The first-order valence-electron chi connectivity index (χ1n) is 8.39. The first kappa shape index (κ1) is 18.8. The number of rotatable bonds is 6. The highest BCUT2D eigenvalue weighted by Gasteiger charge is 2.32. The van der Waals surface area contributed by atoms with Gasteiger partial charge in [-0.2, -0.15) is 8.78 Å². The fraction of sp³-hybridized carbons (Fsp3) is 0.316. The molecule has 138 valence electrons. The summed E-state index contributed by atoms with van der Waals surface area (Å²) in [5, 5.41) is 2.74. The predicted molar refractivity (Wildman–Crippen MR) is 101 cm³/mol. The van der Waals surface area contributed by atoms with Gasteiger partial charge in [0.25, 0.3) is 5.76 Å². The molecule has 2 atom stereocenters. The van der Waals surface area contributed by atoms with Gasteiger partial charge in [-0.3, -0.25) is 9.69 Å². The van der Waals surface area contributed by atoms with Gasteiger partial charge in [0.05, 0.1) is 12.2 Å². The molecule has 1 amide bonds. The van der Waals surface area contributed by atoms with E-state index >= 15 is 0 Å². The van der Waals surface area contributed by atoms with Crippen molar-refractivity contribution < 1.29 is 13.6 Å². The average molecular weight is 377 g/mol. The number of amides is 1. The van der Waals surface area contributed by atoms with Crippen LogP contribution in [0.15, 0.2) is 59.5 Å². The van der Waals surface area contributed by atoms with Gasteiger partial charge in [0.2, 0.25) is 5.91 Å². The van der Waals surface area contributed by atoms with Crippen molar-refractivity contribution in [2.75, 3.05) is 25.0 Å². The number of alkyl halides is 2. The predicted octanol–water partition coefficient (Wildman–Crippen LogP) is 3.37. The molecular weight excluding hydrogens is 356 g/mol. The molecule has 2 aromatic carbocycles. The summed E-state index contributed by atoms with van der Waals surface area (Å²) >= 11 is 0.426. The lowest BCUT2D eigenvalue weighted by Gasteiger charge is -2.16. The van der Waals surface area contributed by atoms with E-state index in [0.717, 1.165) is 0 Å². The normalized spacial score (nSPS) is 20.5. The molecule has 1 aliphatic rings. The van der Waals surface area contributed by atoms with Crippen molar-refractivity contribution in [3.63, 3.8) is 0 Å². The van der Waals surface area contributed by atoms with E-state index in [-0.39, 0.29) is 24.4 Å². The Labute approximate surface area is 155 Å². The Kier molecular flexibility index (Phi) is 6.24. The smallest absolute Gasteiger partial charge is 0.288 e. The number of nitrogens with one attached hydrogen (secondary N) is 1. The minimum atomic E-state index is -2.53. The van der Waals surface area contributed by atoms with Crippen LogP contribution in [0.2, 0.25) is 0 Å². The van der Waals surface area contributed by atoms with Crippen molar-refractivity contribution in [2.45, 2.75) is 22.6 Å². The number of thioether (sulfide) groups is 1. The van der Waals surface area contributed by atoms with Crippen LogP contribution in [0.4, 0.5) is 14.5 Å². The summed E-state index contributed by atoms with van der Waals surface area (Å²) in [6, 6.07) is 16.6. The van der Waals surface area contributed by atoms with Crippen LogP contribution in [-0.4, -0.2) is 42.2 Å². The number of halogens is 2. The van der Waals surface area contributed by atoms with Crippen molar-refractivity contribution >= 4 is 23.4 Å². The first-order chi connectivity index (χ1) is 12.5. The van der Waals surface area contributed by atoms with Gasteiger partial charge in [-0.05, 0) is 17.7 Å². The van der Waals surface area contributed by atoms with Crippen LogP contribution in [0.5, 0.6) is 0 Å². The highest BCUT2D eigenvalue weighted by molar-refractivity contribution is 7.99. The first-order valence-corrected chi connectivity index (χ1v) is 9.27. The van der Waals surface area contributed by atoms with E-state index in [2.05, 4.69) is 5.32 Å². The molecule has 3 N–H and O–H groups in total. The number of carbonyl (C=O) groups is 1. The highest BCUT2D eigenvalue weighted by Crippen LogP contribution is 2.32. The summed E-state index contributed by atoms with van der Waals surface area (Å²) in [5.41, 5.74) is 7.82. The second kappa shape index (κ2) is 8.62. The number of hydrogen-bond donors (Lipinski definition) is 2.